The van der Waals surface area contributed by atoms with Crippen molar-refractivity contribution >= 4 is 33.5 Å². The Morgan fingerprint density at radius 1 is 1.22 bits per heavy atom. The average molecular weight is 363 g/mol. The van der Waals surface area contributed by atoms with E-state index in [1.165, 1.54) is 26.1 Å². The van der Waals surface area contributed by atoms with Gasteiger partial charge in [0, 0.05) is 6.04 Å². The minimum atomic E-state index is -3.73. The van der Waals surface area contributed by atoms with Crippen LogP contribution in [0.25, 0.3) is 0 Å². The lowest BCUT2D eigenvalue weighted by Gasteiger charge is -2.16. The molecule has 0 heterocycles. The number of hydrogen-bond acceptors (Lipinski definition) is 5. The topological polar surface area (TPSA) is 102 Å². The summed E-state index contributed by atoms with van der Waals surface area (Å²) in [5.74, 6) is -1.34. The molecule has 1 atom stereocenters. The van der Waals surface area contributed by atoms with Crippen LogP contribution in [0, 0.1) is 0 Å². The van der Waals surface area contributed by atoms with Crippen LogP contribution in [-0.2, 0) is 19.6 Å². The van der Waals surface area contributed by atoms with Crippen LogP contribution in [0.2, 0.25) is 5.02 Å². The normalized spacial score (nSPS) is 12.8. The number of carbonyl (C=O) groups excluding carboxylic acids is 2. The third-order valence-electron chi connectivity index (χ3n) is 2.82. The Bertz CT molecular complexity index is 703. The third kappa shape index (κ3) is 5.19. The maximum atomic E-state index is 12.1. The molecular weight excluding hydrogens is 344 g/mol. The number of ether oxygens (including phenoxy) is 1. The molecule has 1 aromatic rings. The number of hydrogen-bond donors (Lipinski definition) is 2. The average Bonchev–Trinajstić information content (AvgIpc) is 2.46. The molecule has 0 unspecified atom stereocenters. The van der Waals surface area contributed by atoms with E-state index < -0.39 is 28.0 Å². The summed E-state index contributed by atoms with van der Waals surface area (Å²) in [6.07, 6.45) is -1.04. The first-order chi connectivity index (χ1) is 10.6. The molecule has 0 aliphatic rings. The highest BCUT2D eigenvalue weighted by molar-refractivity contribution is 7.89. The Labute approximate surface area is 140 Å². The van der Waals surface area contributed by atoms with Crippen molar-refractivity contribution in [3.05, 3.63) is 28.8 Å². The van der Waals surface area contributed by atoms with Gasteiger partial charge in [0.1, 0.15) is 0 Å². The molecule has 0 radical (unpaired) electrons. The first-order valence-corrected chi connectivity index (χ1v) is 8.69. The molecule has 128 valence electrons. The fraction of sp³-hybridized carbons (Fsp3) is 0.429. The van der Waals surface area contributed by atoms with Gasteiger partial charge in [-0.25, -0.2) is 17.9 Å². The van der Waals surface area contributed by atoms with Gasteiger partial charge < -0.3 is 10.1 Å². The van der Waals surface area contributed by atoms with Gasteiger partial charge in [0.2, 0.25) is 10.0 Å². The zero-order valence-corrected chi connectivity index (χ0v) is 14.8. The second kappa shape index (κ2) is 7.76. The Morgan fingerprint density at radius 2 is 1.83 bits per heavy atom. The maximum Gasteiger partial charge on any atom is 0.340 e. The van der Waals surface area contributed by atoms with Gasteiger partial charge >= 0.3 is 5.97 Å². The van der Waals surface area contributed by atoms with E-state index in [-0.39, 0.29) is 21.5 Å². The SMILES string of the molecule is CNS(=O)(=O)c1ccc(Cl)c(C(=O)O[C@H](C)C(=O)NC(C)C)c1. The smallest absolute Gasteiger partial charge is 0.340 e. The van der Waals surface area contributed by atoms with E-state index in [0.717, 1.165) is 6.07 Å². The van der Waals surface area contributed by atoms with Crippen molar-refractivity contribution in [2.75, 3.05) is 7.05 Å². The minimum absolute atomic E-state index is 0.0292. The zero-order chi connectivity index (χ0) is 17.8. The lowest BCUT2D eigenvalue weighted by atomic mass is 10.2. The lowest BCUT2D eigenvalue weighted by Crippen LogP contribution is -2.39. The van der Waals surface area contributed by atoms with E-state index in [2.05, 4.69) is 10.0 Å². The number of sulfonamides is 1. The Balaban J connectivity index is 3.00. The predicted molar refractivity (Wildman–Crippen MR) is 85.9 cm³/mol. The van der Waals surface area contributed by atoms with Crippen molar-refractivity contribution in [2.24, 2.45) is 0 Å². The monoisotopic (exact) mass is 362 g/mol. The number of esters is 1. The molecule has 0 aliphatic heterocycles. The lowest BCUT2D eigenvalue weighted by molar-refractivity contribution is -0.129. The number of halogens is 1. The van der Waals surface area contributed by atoms with Crippen molar-refractivity contribution in [1.82, 2.24) is 10.0 Å². The second-order valence-corrected chi connectivity index (χ2v) is 7.35. The van der Waals surface area contributed by atoms with E-state index in [0.29, 0.717) is 0 Å². The van der Waals surface area contributed by atoms with E-state index >= 15 is 0 Å². The van der Waals surface area contributed by atoms with Crippen LogP contribution >= 0.6 is 11.6 Å². The Hall–Kier alpha value is -1.64. The number of rotatable bonds is 6. The highest BCUT2D eigenvalue weighted by Gasteiger charge is 2.23. The van der Waals surface area contributed by atoms with Gasteiger partial charge in [-0.1, -0.05) is 11.6 Å². The molecule has 2 N–H and O–H groups in total. The number of benzene rings is 1. The molecule has 1 amide bonds. The summed E-state index contributed by atoms with van der Waals surface area (Å²) in [5, 5.41) is 2.63. The van der Waals surface area contributed by atoms with Crippen LogP contribution in [0.15, 0.2) is 23.1 Å². The summed E-state index contributed by atoms with van der Waals surface area (Å²) >= 11 is 5.92. The summed E-state index contributed by atoms with van der Waals surface area (Å²) in [7, 11) is -2.48. The molecule has 1 rings (SSSR count). The van der Waals surface area contributed by atoms with Gasteiger partial charge in [-0.2, -0.15) is 0 Å². The van der Waals surface area contributed by atoms with Crippen LogP contribution in [0.4, 0.5) is 0 Å². The van der Waals surface area contributed by atoms with Gasteiger partial charge in [-0.05, 0) is 46.0 Å². The third-order valence-corrected chi connectivity index (χ3v) is 4.56. The molecule has 0 bridgehead atoms. The number of carbonyl (C=O) groups is 2. The molecule has 0 aliphatic carbocycles. The predicted octanol–water partition coefficient (Wildman–Crippen LogP) is 1.32. The molecule has 9 heteroatoms. The largest absolute Gasteiger partial charge is 0.449 e. The number of amides is 1. The molecule has 23 heavy (non-hydrogen) atoms. The molecule has 0 spiro atoms. The van der Waals surface area contributed by atoms with Gasteiger partial charge in [-0.15, -0.1) is 0 Å². The van der Waals surface area contributed by atoms with Gasteiger partial charge in [0.15, 0.2) is 6.10 Å². The highest BCUT2D eigenvalue weighted by atomic mass is 35.5. The number of nitrogens with one attached hydrogen (secondary N) is 2. The van der Waals surface area contributed by atoms with Crippen LogP contribution in [-0.4, -0.2) is 39.5 Å². The van der Waals surface area contributed by atoms with Crippen molar-refractivity contribution in [1.29, 1.82) is 0 Å². The maximum absolute atomic E-state index is 12.1. The molecular formula is C14H19ClN2O5S. The van der Waals surface area contributed by atoms with Gasteiger partial charge in [0.25, 0.3) is 5.91 Å². The summed E-state index contributed by atoms with van der Waals surface area (Å²) < 4.78 is 30.7. The van der Waals surface area contributed by atoms with Crippen molar-refractivity contribution in [2.45, 2.75) is 37.8 Å². The summed E-state index contributed by atoms with van der Waals surface area (Å²) in [6, 6.07) is 3.54. The summed E-state index contributed by atoms with van der Waals surface area (Å²) in [4.78, 5) is 23.8. The molecule has 0 aromatic heterocycles. The first kappa shape index (κ1) is 19.4. The molecule has 0 saturated heterocycles. The fourth-order valence-corrected chi connectivity index (χ4v) is 2.58. The van der Waals surface area contributed by atoms with Gasteiger partial charge in [0.05, 0.1) is 15.5 Å². The van der Waals surface area contributed by atoms with E-state index in [1.54, 1.807) is 13.8 Å². The molecule has 7 nitrogen and oxygen atoms in total. The van der Waals surface area contributed by atoms with E-state index in [4.69, 9.17) is 16.3 Å². The van der Waals surface area contributed by atoms with Crippen LogP contribution in [0.1, 0.15) is 31.1 Å². The highest BCUT2D eigenvalue weighted by Crippen LogP contribution is 2.21. The van der Waals surface area contributed by atoms with E-state index in [9.17, 15) is 18.0 Å². The van der Waals surface area contributed by atoms with E-state index in [1.807, 2.05) is 0 Å². The van der Waals surface area contributed by atoms with Crippen LogP contribution in [0.5, 0.6) is 0 Å². The first-order valence-electron chi connectivity index (χ1n) is 6.83. The molecule has 0 saturated carbocycles. The second-order valence-electron chi connectivity index (χ2n) is 5.06. The Morgan fingerprint density at radius 3 is 2.35 bits per heavy atom. The van der Waals surface area contributed by atoms with Gasteiger partial charge in [-0.3, -0.25) is 4.79 Å². The summed E-state index contributed by atoms with van der Waals surface area (Å²) in [5.41, 5.74) is -0.132. The van der Waals surface area contributed by atoms with Crippen LogP contribution in [0.3, 0.4) is 0 Å². The van der Waals surface area contributed by atoms with Crippen molar-refractivity contribution < 1.29 is 22.7 Å². The van der Waals surface area contributed by atoms with Crippen molar-refractivity contribution in [3.8, 4) is 0 Å². The molecule has 1 aromatic carbocycles. The minimum Gasteiger partial charge on any atom is -0.449 e. The Kier molecular flexibility index (Phi) is 6.55. The fourth-order valence-electron chi connectivity index (χ4n) is 1.63. The zero-order valence-electron chi connectivity index (χ0n) is 13.2. The summed E-state index contributed by atoms with van der Waals surface area (Å²) in [6.45, 7) is 4.96. The quantitative estimate of drug-likeness (QED) is 0.743. The molecule has 0 fully saturated rings. The standard InChI is InChI=1S/C14H19ClN2O5S/c1-8(2)17-13(18)9(3)22-14(19)11-7-10(5-6-12(11)15)23(20,21)16-4/h5-9,16H,1-4H3,(H,17,18)/t9-/m1/s1. The van der Waals surface area contributed by atoms with Crippen LogP contribution < -0.4 is 10.0 Å². The van der Waals surface area contributed by atoms with Crippen molar-refractivity contribution in [3.63, 3.8) is 0 Å².